The second-order valence-corrected chi connectivity index (χ2v) is 6.13. The summed E-state index contributed by atoms with van der Waals surface area (Å²) in [7, 11) is 0. The maximum Gasteiger partial charge on any atom is 0.251 e. The fraction of sp³-hybridized carbons (Fsp3) is 0.462. The molecule has 1 N–H and O–H groups in total. The summed E-state index contributed by atoms with van der Waals surface area (Å²) in [6.45, 7) is 3.00. The van der Waals surface area contributed by atoms with Gasteiger partial charge in [0.25, 0.3) is 5.91 Å². The lowest BCUT2D eigenvalue weighted by Gasteiger charge is -2.22. The van der Waals surface area contributed by atoms with Gasteiger partial charge in [-0.1, -0.05) is 18.2 Å². The van der Waals surface area contributed by atoms with E-state index in [1.54, 1.807) is 0 Å². The van der Waals surface area contributed by atoms with E-state index in [0.29, 0.717) is 0 Å². The molecular weight excluding hydrogens is 218 g/mol. The molecule has 1 unspecified atom stereocenters. The van der Waals surface area contributed by atoms with Crippen molar-refractivity contribution in [1.29, 1.82) is 0 Å². The zero-order valence-corrected chi connectivity index (χ0v) is 10.3. The van der Waals surface area contributed by atoms with Crippen LogP contribution in [0.3, 0.4) is 0 Å². The number of benzene rings is 1. The van der Waals surface area contributed by atoms with Gasteiger partial charge in [-0.05, 0) is 37.7 Å². The molecule has 16 heavy (non-hydrogen) atoms. The minimum Gasteiger partial charge on any atom is -0.351 e. The number of carbonyl (C=O) groups is 1. The van der Waals surface area contributed by atoms with Crippen molar-refractivity contribution in [1.82, 2.24) is 5.32 Å². The maximum atomic E-state index is 11.8. The summed E-state index contributed by atoms with van der Waals surface area (Å²) in [5, 5.41) is 3.02. The highest BCUT2D eigenvalue weighted by Crippen LogP contribution is 2.36. The minimum absolute atomic E-state index is 0.0364. The van der Waals surface area contributed by atoms with Crippen LogP contribution in [0.25, 0.3) is 0 Å². The highest BCUT2D eigenvalue weighted by Gasteiger charge is 2.29. The van der Waals surface area contributed by atoms with Gasteiger partial charge in [0.2, 0.25) is 0 Å². The van der Waals surface area contributed by atoms with Crippen molar-refractivity contribution in [2.75, 3.05) is 12.3 Å². The molecule has 1 amide bonds. The van der Waals surface area contributed by atoms with Gasteiger partial charge in [-0.25, -0.2) is 0 Å². The number of rotatable bonds is 3. The van der Waals surface area contributed by atoms with Crippen LogP contribution in [0.5, 0.6) is 0 Å². The van der Waals surface area contributed by atoms with Gasteiger partial charge in [-0.2, -0.15) is 11.8 Å². The van der Waals surface area contributed by atoms with Gasteiger partial charge in [-0.3, -0.25) is 4.79 Å². The molecule has 1 saturated heterocycles. The van der Waals surface area contributed by atoms with E-state index in [1.807, 2.05) is 42.1 Å². The van der Waals surface area contributed by atoms with Crippen molar-refractivity contribution in [3.05, 3.63) is 35.9 Å². The molecule has 0 spiro atoms. The van der Waals surface area contributed by atoms with Gasteiger partial charge in [0.1, 0.15) is 0 Å². The van der Waals surface area contributed by atoms with E-state index in [4.69, 9.17) is 0 Å². The molecule has 1 atom stereocenters. The molecule has 0 aromatic heterocycles. The van der Waals surface area contributed by atoms with Gasteiger partial charge in [0.15, 0.2) is 0 Å². The highest BCUT2D eigenvalue weighted by molar-refractivity contribution is 8.00. The van der Waals surface area contributed by atoms with Gasteiger partial charge in [0.05, 0.1) is 0 Å². The van der Waals surface area contributed by atoms with Gasteiger partial charge < -0.3 is 5.32 Å². The summed E-state index contributed by atoms with van der Waals surface area (Å²) < 4.78 is 0.241. The Hall–Kier alpha value is -0.960. The number of amides is 1. The van der Waals surface area contributed by atoms with Crippen LogP contribution in [0, 0.1) is 0 Å². The van der Waals surface area contributed by atoms with Crippen LogP contribution in [-0.4, -0.2) is 23.0 Å². The van der Waals surface area contributed by atoms with E-state index in [-0.39, 0.29) is 10.7 Å². The van der Waals surface area contributed by atoms with E-state index in [2.05, 4.69) is 12.2 Å². The molecule has 3 heteroatoms. The Morgan fingerprint density at radius 1 is 1.44 bits per heavy atom. The summed E-state index contributed by atoms with van der Waals surface area (Å²) in [6.07, 6.45) is 2.47. The lowest BCUT2D eigenvalue weighted by atomic mass is 10.1. The molecule has 1 aromatic carbocycles. The van der Waals surface area contributed by atoms with Crippen molar-refractivity contribution in [2.45, 2.75) is 24.5 Å². The molecular formula is C13H17NOS. The van der Waals surface area contributed by atoms with Crippen molar-refractivity contribution >= 4 is 17.7 Å². The van der Waals surface area contributed by atoms with Crippen LogP contribution < -0.4 is 5.32 Å². The summed E-state index contributed by atoms with van der Waals surface area (Å²) >= 11 is 1.97. The van der Waals surface area contributed by atoms with Crippen LogP contribution in [0.15, 0.2) is 30.3 Å². The minimum atomic E-state index is 0.0364. The molecule has 1 heterocycles. The Morgan fingerprint density at radius 2 is 2.19 bits per heavy atom. The van der Waals surface area contributed by atoms with Gasteiger partial charge in [-0.15, -0.1) is 0 Å². The summed E-state index contributed by atoms with van der Waals surface area (Å²) in [4.78, 5) is 11.8. The maximum absolute atomic E-state index is 11.8. The van der Waals surface area contributed by atoms with E-state index >= 15 is 0 Å². The zero-order chi connectivity index (χ0) is 11.4. The molecule has 1 aliphatic heterocycles. The Kier molecular flexibility index (Phi) is 3.54. The molecule has 1 aliphatic rings. The average Bonchev–Trinajstić information content (AvgIpc) is 2.75. The average molecular weight is 235 g/mol. The SMILES string of the molecule is CC1(CNC(=O)c2ccccc2)CCCS1. The summed E-state index contributed by atoms with van der Waals surface area (Å²) in [5.74, 6) is 1.26. The molecule has 0 saturated carbocycles. The number of nitrogens with one attached hydrogen (secondary N) is 1. The van der Waals surface area contributed by atoms with Crippen LogP contribution in [0.1, 0.15) is 30.1 Å². The largest absolute Gasteiger partial charge is 0.351 e. The van der Waals surface area contributed by atoms with E-state index < -0.39 is 0 Å². The first-order valence-corrected chi connectivity index (χ1v) is 6.65. The van der Waals surface area contributed by atoms with Crippen molar-refractivity contribution < 1.29 is 4.79 Å². The predicted molar refractivity (Wildman–Crippen MR) is 68.9 cm³/mol. The molecule has 2 rings (SSSR count). The number of thioether (sulfide) groups is 1. The topological polar surface area (TPSA) is 29.1 Å². The van der Waals surface area contributed by atoms with Crippen LogP contribution in [-0.2, 0) is 0 Å². The van der Waals surface area contributed by atoms with E-state index in [0.717, 1.165) is 12.1 Å². The van der Waals surface area contributed by atoms with Gasteiger partial charge in [0, 0.05) is 16.9 Å². The highest BCUT2D eigenvalue weighted by atomic mass is 32.2. The number of hydrogen-bond donors (Lipinski definition) is 1. The zero-order valence-electron chi connectivity index (χ0n) is 9.53. The molecule has 0 radical (unpaired) electrons. The Bertz CT molecular complexity index is 357. The van der Waals surface area contributed by atoms with Crippen LogP contribution in [0.4, 0.5) is 0 Å². The fourth-order valence-electron chi connectivity index (χ4n) is 1.94. The second kappa shape index (κ2) is 4.91. The first kappa shape index (κ1) is 11.5. The van der Waals surface area contributed by atoms with Crippen molar-refractivity contribution in [3.63, 3.8) is 0 Å². The molecule has 86 valence electrons. The lowest BCUT2D eigenvalue weighted by molar-refractivity contribution is 0.0950. The third-order valence-corrected chi connectivity index (χ3v) is 4.50. The third-order valence-electron chi connectivity index (χ3n) is 2.96. The molecule has 2 nitrogen and oxygen atoms in total. The molecule has 1 aromatic rings. The van der Waals surface area contributed by atoms with Crippen molar-refractivity contribution in [2.24, 2.45) is 0 Å². The first-order chi connectivity index (χ1) is 7.70. The van der Waals surface area contributed by atoms with Crippen molar-refractivity contribution in [3.8, 4) is 0 Å². The Labute approximate surface area is 101 Å². The third kappa shape index (κ3) is 2.79. The quantitative estimate of drug-likeness (QED) is 0.872. The van der Waals surface area contributed by atoms with E-state index in [9.17, 15) is 4.79 Å². The van der Waals surface area contributed by atoms with E-state index in [1.165, 1.54) is 18.6 Å². The monoisotopic (exact) mass is 235 g/mol. The summed E-state index contributed by atoms with van der Waals surface area (Å²) in [5.41, 5.74) is 0.745. The molecule has 0 bridgehead atoms. The lowest BCUT2D eigenvalue weighted by Crippen LogP contribution is -2.36. The first-order valence-electron chi connectivity index (χ1n) is 5.67. The van der Waals surface area contributed by atoms with Gasteiger partial charge >= 0.3 is 0 Å². The van der Waals surface area contributed by atoms with Crippen LogP contribution in [0.2, 0.25) is 0 Å². The Balaban J connectivity index is 1.89. The number of carbonyl (C=O) groups excluding carboxylic acids is 1. The summed E-state index contributed by atoms with van der Waals surface area (Å²) in [6, 6.07) is 9.39. The number of hydrogen-bond acceptors (Lipinski definition) is 2. The molecule has 0 aliphatic carbocycles. The normalized spacial score (nSPS) is 24.3. The standard InChI is InChI=1S/C13H17NOS/c1-13(8-5-9-16-13)10-14-12(15)11-6-3-2-4-7-11/h2-4,6-7H,5,8-10H2,1H3,(H,14,15). The smallest absolute Gasteiger partial charge is 0.251 e. The van der Waals surface area contributed by atoms with Crippen LogP contribution >= 0.6 is 11.8 Å². The second-order valence-electron chi connectivity index (χ2n) is 4.45. The Morgan fingerprint density at radius 3 is 2.81 bits per heavy atom. The predicted octanol–water partition coefficient (Wildman–Crippen LogP) is 2.70. The fourth-order valence-corrected chi connectivity index (χ4v) is 3.18. The molecule has 1 fully saturated rings.